The summed E-state index contributed by atoms with van der Waals surface area (Å²) in [5.41, 5.74) is 0.775. The number of alkyl halides is 3. The largest absolute Gasteiger partial charge is 0.477 e. The zero-order chi connectivity index (χ0) is 23.0. The normalized spacial score (nSPS) is 11.5. The first kappa shape index (κ1) is 21.4. The van der Waals surface area contributed by atoms with Gasteiger partial charge in [0.15, 0.2) is 5.65 Å². The second-order valence-electron chi connectivity index (χ2n) is 6.63. The number of carboxylic acids is 1. The maximum atomic E-state index is 12.7. The number of halogens is 4. The van der Waals surface area contributed by atoms with E-state index in [1.54, 1.807) is 13.0 Å². The van der Waals surface area contributed by atoms with E-state index < -0.39 is 17.7 Å². The number of carboxylic acid groups (broad SMARTS) is 1. The molecule has 0 aliphatic rings. The second-order valence-corrected chi connectivity index (χ2v) is 7.03. The van der Waals surface area contributed by atoms with E-state index in [1.807, 2.05) is 0 Å². The van der Waals surface area contributed by atoms with Gasteiger partial charge in [-0.25, -0.2) is 29.7 Å². The van der Waals surface area contributed by atoms with Crippen LogP contribution in [0.25, 0.3) is 22.6 Å². The van der Waals surface area contributed by atoms with Gasteiger partial charge in [-0.15, -0.1) is 0 Å². The highest BCUT2D eigenvalue weighted by Crippen LogP contribution is 2.31. The van der Waals surface area contributed by atoms with Crippen LogP contribution in [0.15, 0.2) is 42.7 Å². The van der Waals surface area contributed by atoms with E-state index >= 15 is 0 Å². The quantitative estimate of drug-likeness (QED) is 0.442. The van der Waals surface area contributed by atoms with E-state index in [9.17, 15) is 18.0 Å². The van der Waals surface area contributed by atoms with E-state index in [0.717, 1.165) is 12.3 Å². The Hall–Kier alpha value is -3.86. The van der Waals surface area contributed by atoms with Crippen LogP contribution in [-0.2, 0) is 6.18 Å². The highest BCUT2D eigenvalue weighted by atomic mass is 35.5. The Kier molecular flexibility index (Phi) is 5.35. The molecule has 32 heavy (non-hydrogen) atoms. The number of nitrogens with one attached hydrogen (secondary N) is 1. The summed E-state index contributed by atoms with van der Waals surface area (Å²) in [5, 5.41) is 12.3. The van der Waals surface area contributed by atoms with Crippen LogP contribution in [0.1, 0.15) is 21.7 Å². The molecule has 0 unspecified atom stereocenters. The molecule has 8 nitrogen and oxygen atoms in total. The number of hydrogen-bond donors (Lipinski definition) is 2. The number of rotatable bonds is 4. The Morgan fingerprint density at radius 3 is 2.50 bits per heavy atom. The Balaban J connectivity index is 1.74. The molecule has 4 heterocycles. The van der Waals surface area contributed by atoms with Gasteiger partial charge < -0.3 is 10.4 Å². The third-order valence-electron chi connectivity index (χ3n) is 4.31. The van der Waals surface area contributed by atoms with E-state index in [1.165, 1.54) is 24.4 Å². The summed E-state index contributed by atoms with van der Waals surface area (Å²) >= 11 is 6.16. The average molecular weight is 461 g/mol. The van der Waals surface area contributed by atoms with Crippen molar-refractivity contribution in [2.24, 2.45) is 0 Å². The zero-order valence-electron chi connectivity index (χ0n) is 16.1. The SMILES string of the molecule is Cc1cc(Nc2ccc(C(F)(F)F)cn2)c2ncc(-c3nc(C(=O)O)ccc3Cl)nc2n1. The van der Waals surface area contributed by atoms with Crippen molar-refractivity contribution in [3.63, 3.8) is 0 Å². The Labute approximate surface area is 183 Å². The zero-order valence-corrected chi connectivity index (χ0v) is 16.9. The summed E-state index contributed by atoms with van der Waals surface area (Å²) in [4.78, 5) is 32.1. The number of aryl methyl sites for hydroxylation is 1. The summed E-state index contributed by atoms with van der Waals surface area (Å²) < 4.78 is 38.2. The van der Waals surface area contributed by atoms with E-state index in [2.05, 4.69) is 30.2 Å². The highest BCUT2D eigenvalue weighted by molar-refractivity contribution is 6.33. The molecule has 162 valence electrons. The molecule has 0 amide bonds. The van der Waals surface area contributed by atoms with Crippen LogP contribution in [0, 0.1) is 6.92 Å². The van der Waals surface area contributed by atoms with Crippen molar-refractivity contribution in [1.29, 1.82) is 0 Å². The van der Waals surface area contributed by atoms with Crippen molar-refractivity contribution in [3.8, 4) is 11.4 Å². The van der Waals surface area contributed by atoms with E-state index in [0.29, 0.717) is 16.9 Å². The minimum atomic E-state index is -4.49. The van der Waals surface area contributed by atoms with Crippen molar-refractivity contribution >= 4 is 40.2 Å². The number of fused-ring (bicyclic) bond motifs is 1. The fourth-order valence-electron chi connectivity index (χ4n) is 2.85. The summed E-state index contributed by atoms with van der Waals surface area (Å²) in [6, 6.07) is 6.42. The molecule has 0 aromatic carbocycles. The number of carbonyl (C=O) groups is 1. The number of nitrogens with zero attached hydrogens (tertiary/aromatic N) is 5. The van der Waals surface area contributed by atoms with Gasteiger partial charge in [0.05, 0.1) is 22.5 Å². The van der Waals surface area contributed by atoms with Crippen molar-refractivity contribution < 1.29 is 23.1 Å². The fraction of sp³-hybridized carbons (Fsp3) is 0.100. The Morgan fingerprint density at radius 1 is 1.06 bits per heavy atom. The lowest BCUT2D eigenvalue weighted by Gasteiger charge is -2.11. The summed E-state index contributed by atoms with van der Waals surface area (Å²) in [6.45, 7) is 1.70. The number of anilines is 2. The lowest BCUT2D eigenvalue weighted by atomic mass is 10.2. The molecule has 0 bridgehead atoms. The summed E-state index contributed by atoms with van der Waals surface area (Å²) in [7, 11) is 0. The predicted octanol–water partition coefficient (Wildman–Crippen LogP) is 4.90. The maximum absolute atomic E-state index is 12.7. The van der Waals surface area contributed by atoms with Gasteiger partial charge in [-0.1, -0.05) is 11.6 Å². The average Bonchev–Trinajstić information content (AvgIpc) is 2.73. The van der Waals surface area contributed by atoms with Gasteiger partial charge in [0.25, 0.3) is 0 Å². The molecule has 4 aromatic rings. The summed E-state index contributed by atoms with van der Waals surface area (Å²) in [6.07, 6.45) is -2.41. The standard InChI is InChI=1S/C20H12ClF3N6O2/c1-9-6-13(28-15-5-2-10(7-25-15)20(22,23)24)17-18(27-9)30-14(8-26-17)16-11(21)3-4-12(29-16)19(31)32/h2-8H,1H3,(H,31,32)(H,25,27,28,30). The van der Waals surface area contributed by atoms with Crippen LogP contribution in [0.5, 0.6) is 0 Å². The van der Waals surface area contributed by atoms with E-state index in [4.69, 9.17) is 16.7 Å². The number of aromatic carboxylic acids is 1. The number of hydrogen-bond acceptors (Lipinski definition) is 7. The van der Waals surface area contributed by atoms with Gasteiger partial charge in [-0.2, -0.15) is 13.2 Å². The van der Waals surface area contributed by atoms with Gasteiger partial charge in [-0.05, 0) is 37.3 Å². The van der Waals surface area contributed by atoms with Crippen LogP contribution in [-0.4, -0.2) is 36.0 Å². The van der Waals surface area contributed by atoms with Gasteiger partial charge >= 0.3 is 12.1 Å². The maximum Gasteiger partial charge on any atom is 0.417 e. The van der Waals surface area contributed by atoms with Crippen LogP contribution < -0.4 is 5.32 Å². The predicted molar refractivity (Wildman–Crippen MR) is 110 cm³/mol. The first-order valence-corrected chi connectivity index (χ1v) is 9.34. The van der Waals surface area contributed by atoms with Crippen LogP contribution >= 0.6 is 11.6 Å². The molecule has 0 radical (unpaired) electrons. The Morgan fingerprint density at radius 2 is 1.84 bits per heavy atom. The molecule has 4 aromatic heterocycles. The molecule has 2 N–H and O–H groups in total. The van der Waals surface area contributed by atoms with Gasteiger partial charge in [0.1, 0.15) is 28.4 Å². The highest BCUT2D eigenvalue weighted by Gasteiger charge is 2.30. The van der Waals surface area contributed by atoms with Crippen molar-refractivity contribution in [3.05, 3.63) is 64.7 Å². The third kappa shape index (κ3) is 4.28. The molecular formula is C20H12ClF3N6O2. The van der Waals surface area contributed by atoms with Crippen LogP contribution in [0.4, 0.5) is 24.7 Å². The molecule has 0 saturated carbocycles. The molecule has 0 atom stereocenters. The topological polar surface area (TPSA) is 114 Å². The monoisotopic (exact) mass is 460 g/mol. The molecule has 0 aliphatic heterocycles. The molecule has 0 aliphatic carbocycles. The van der Waals surface area contributed by atoms with Crippen LogP contribution in [0.3, 0.4) is 0 Å². The van der Waals surface area contributed by atoms with Gasteiger partial charge in [0.2, 0.25) is 0 Å². The molecule has 12 heteroatoms. The van der Waals surface area contributed by atoms with Crippen molar-refractivity contribution in [1.82, 2.24) is 24.9 Å². The van der Waals surface area contributed by atoms with Gasteiger partial charge in [0, 0.05) is 11.9 Å². The molecule has 0 spiro atoms. The molecule has 4 rings (SSSR count). The van der Waals surface area contributed by atoms with E-state index in [-0.39, 0.29) is 33.6 Å². The molecular weight excluding hydrogens is 449 g/mol. The second kappa shape index (κ2) is 8.00. The smallest absolute Gasteiger partial charge is 0.417 e. The van der Waals surface area contributed by atoms with Crippen molar-refractivity contribution in [2.75, 3.05) is 5.32 Å². The lowest BCUT2D eigenvalue weighted by molar-refractivity contribution is -0.137. The Bertz CT molecular complexity index is 1350. The first-order chi connectivity index (χ1) is 15.1. The van der Waals surface area contributed by atoms with Crippen LogP contribution in [0.2, 0.25) is 5.02 Å². The van der Waals surface area contributed by atoms with Crippen molar-refractivity contribution in [2.45, 2.75) is 13.1 Å². The minimum Gasteiger partial charge on any atom is -0.477 e. The molecule has 0 fully saturated rings. The van der Waals surface area contributed by atoms with Gasteiger partial charge in [-0.3, -0.25) is 0 Å². The third-order valence-corrected chi connectivity index (χ3v) is 4.61. The fourth-order valence-corrected chi connectivity index (χ4v) is 3.05. The first-order valence-electron chi connectivity index (χ1n) is 8.96. The number of pyridine rings is 3. The lowest BCUT2D eigenvalue weighted by Crippen LogP contribution is -2.06. The number of aromatic nitrogens is 5. The minimum absolute atomic E-state index is 0.128. The molecule has 0 saturated heterocycles. The summed E-state index contributed by atoms with van der Waals surface area (Å²) in [5.74, 6) is -1.05.